The van der Waals surface area contributed by atoms with Crippen LogP contribution >= 0.6 is 0 Å². The van der Waals surface area contributed by atoms with Crippen LogP contribution in [0.5, 0.6) is 11.5 Å². The second-order valence-electron chi connectivity index (χ2n) is 6.56. The van der Waals surface area contributed by atoms with E-state index < -0.39 is 0 Å². The molecule has 1 N–H and O–H groups in total. The summed E-state index contributed by atoms with van der Waals surface area (Å²) < 4.78 is 16.9. The number of fused-ring (bicyclic) bond motifs is 1. The van der Waals surface area contributed by atoms with Gasteiger partial charge in [-0.1, -0.05) is 12.1 Å². The average molecular weight is 379 g/mol. The predicted molar refractivity (Wildman–Crippen MR) is 112 cm³/mol. The molecule has 0 fully saturated rings. The largest absolute Gasteiger partial charge is 0.497 e. The van der Waals surface area contributed by atoms with Crippen molar-refractivity contribution in [3.05, 3.63) is 53.8 Å². The third kappa shape index (κ3) is 3.60. The number of aryl methyl sites for hydroxylation is 1. The van der Waals surface area contributed by atoms with Gasteiger partial charge in [-0.3, -0.25) is 4.79 Å². The first-order valence-corrected chi connectivity index (χ1v) is 9.19. The number of benzene rings is 2. The fourth-order valence-electron chi connectivity index (χ4n) is 3.39. The lowest BCUT2D eigenvalue weighted by Gasteiger charge is -2.13. The van der Waals surface area contributed by atoms with E-state index in [0.29, 0.717) is 12.3 Å². The molecule has 1 aromatic heterocycles. The monoisotopic (exact) mass is 379 g/mol. The van der Waals surface area contributed by atoms with Crippen LogP contribution in [0.1, 0.15) is 25.0 Å². The Labute approximate surface area is 164 Å². The molecule has 2 aromatic carbocycles. The van der Waals surface area contributed by atoms with Gasteiger partial charge < -0.3 is 19.2 Å². The van der Waals surface area contributed by atoms with Crippen molar-refractivity contribution in [1.82, 2.24) is 5.32 Å². The number of amides is 1. The van der Waals surface area contributed by atoms with E-state index >= 15 is 0 Å². The van der Waals surface area contributed by atoms with Crippen LogP contribution in [0.25, 0.3) is 27.7 Å². The van der Waals surface area contributed by atoms with Crippen molar-refractivity contribution in [2.45, 2.75) is 20.8 Å². The second kappa shape index (κ2) is 8.21. The van der Waals surface area contributed by atoms with Crippen molar-refractivity contribution in [3.63, 3.8) is 0 Å². The number of furan rings is 1. The van der Waals surface area contributed by atoms with E-state index in [2.05, 4.69) is 5.32 Å². The molecule has 0 atom stereocenters. The molecule has 0 aliphatic heterocycles. The maximum absolute atomic E-state index is 12.0. The highest BCUT2D eigenvalue weighted by Crippen LogP contribution is 2.41. The van der Waals surface area contributed by atoms with Gasteiger partial charge in [0.2, 0.25) is 5.91 Å². The smallest absolute Gasteiger partial charge is 0.244 e. The Hall–Kier alpha value is -3.21. The number of nitrogens with one attached hydrogen (secondary N) is 1. The molecule has 28 heavy (non-hydrogen) atoms. The molecule has 0 aliphatic rings. The van der Waals surface area contributed by atoms with Crippen LogP contribution in [-0.2, 0) is 4.79 Å². The van der Waals surface area contributed by atoms with Gasteiger partial charge in [-0.15, -0.1) is 0 Å². The number of carbonyl (C=O) groups excluding carboxylic acids is 1. The molecule has 1 heterocycles. The molecule has 0 aliphatic carbocycles. The molecule has 0 radical (unpaired) electrons. The molecule has 146 valence electrons. The van der Waals surface area contributed by atoms with Crippen molar-refractivity contribution in [2.75, 3.05) is 20.8 Å². The molecule has 0 bridgehead atoms. The zero-order valence-electron chi connectivity index (χ0n) is 16.9. The number of methoxy groups -OCH3 is 2. The van der Waals surface area contributed by atoms with Crippen molar-refractivity contribution < 1.29 is 18.7 Å². The molecular weight excluding hydrogens is 354 g/mol. The predicted octanol–water partition coefficient (Wildman–Crippen LogP) is 4.96. The first kappa shape index (κ1) is 19.5. The van der Waals surface area contributed by atoms with Crippen molar-refractivity contribution in [1.29, 1.82) is 0 Å². The molecule has 1 amide bonds. The summed E-state index contributed by atoms with van der Waals surface area (Å²) in [6.45, 7) is 6.34. The SMILES string of the molecule is CCNC(=O)/C=C(\C)c1cc2c(-c3cccc(OC)c3)coc2c(C)c1OC. The molecule has 3 aromatic rings. The number of hydrogen-bond acceptors (Lipinski definition) is 4. The molecule has 0 unspecified atom stereocenters. The van der Waals surface area contributed by atoms with E-state index in [1.165, 1.54) is 0 Å². The molecule has 5 heteroatoms. The van der Waals surface area contributed by atoms with Gasteiger partial charge in [0.05, 0.1) is 20.5 Å². The maximum Gasteiger partial charge on any atom is 0.244 e. The Morgan fingerprint density at radius 1 is 1.21 bits per heavy atom. The Bertz CT molecular complexity index is 1050. The summed E-state index contributed by atoms with van der Waals surface area (Å²) >= 11 is 0. The number of rotatable bonds is 6. The van der Waals surface area contributed by atoms with Crippen LogP contribution in [0.4, 0.5) is 0 Å². The lowest BCUT2D eigenvalue weighted by atomic mass is 9.96. The van der Waals surface area contributed by atoms with Gasteiger partial charge in [0.25, 0.3) is 0 Å². The van der Waals surface area contributed by atoms with Crippen LogP contribution < -0.4 is 14.8 Å². The van der Waals surface area contributed by atoms with Crippen LogP contribution in [0.15, 0.2) is 47.1 Å². The van der Waals surface area contributed by atoms with Crippen molar-refractivity contribution >= 4 is 22.4 Å². The van der Waals surface area contributed by atoms with Gasteiger partial charge in [0.15, 0.2) is 0 Å². The van der Waals surface area contributed by atoms with E-state index in [0.717, 1.165) is 44.5 Å². The highest BCUT2D eigenvalue weighted by atomic mass is 16.5. The lowest BCUT2D eigenvalue weighted by Crippen LogP contribution is -2.20. The Morgan fingerprint density at radius 2 is 2.00 bits per heavy atom. The van der Waals surface area contributed by atoms with E-state index in [9.17, 15) is 4.79 Å². The molecule has 0 saturated carbocycles. The normalized spacial score (nSPS) is 11.5. The zero-order chi connectivity index (χ0) is 20.3. The number of carbonyl (C=O) groups is 1. The van der Waals surface area contributed by atoms with Crippen LogP contribution in [-0.4, -0.2) is 26.7 Å². The molecule has 5 nitrogen and oxygen atoms in total. The molecule has 0 saturated heterocycles. The summed E-state index contributed by atoms with van der Waals surface area (Å²) in [6, 6.07) is 9.87. The van der Waals surface area contributed by atoms with Gasteiger partial charge >= 0.3 is 0 Å². The van der Waals surface area contributed by atoms with Gasteiger partial charge in [-0.2, -0.15) is 0 Å². The minimum atomic E-state index is -0.125. The topological polar surface area (TPSA) is 60.7 Å². The summed E-state index contributed by atoms with van der Waals surface area (Å²) in [5.74, 6) is 1.36. The fraction of sp³-hybridized carbons (Fsp3) is 0.261. The maximum atomic E-state index is 12.0. The van der Waals surface area contributed by atoms with Gasteiger partial charge in [-0.05, 0) is 50.1 Å². The number of ether oxygens (including phenoxy) is 2. The number of likely N-dealkylation sites (N-methyl/N-ethyl adjacent to an activating group) is 1. The number of hydrogen-bond donors (Lipinski definition) is 1. The summed E-state index contributed by atoms with van der Waals surface area (Å²) in [5, 5.41) is 3.75. The Kier molecular flexibility index (Phi) is 5.73. The summed E-state index contributed by atoms with van der Waals surface area (Å²) in [4.78, 5) is 12.0. The van der Waals surface area contributed by atoms with E-state index in [1.54, 1.807) is 26.6 Å². The fourth-order valence-corrected chi connectivity index (χ4v) is 3.39. The van der Waals surface area contributed by atoms with E-state index in [4.69, 9.17) is 13.9 Å². The quantitative estimate of drug-likeness (QED) is 0.615. The van der Waals surface area contributed by atoms with Crippen LogP contribution in [0, 0.1) is 6.92 Å². The Balaban J connectivity index is 2.21. The first-order chi connectivity index (χ1) is 13.5. The van der Waals surface area contributed by atoms with Crippen LogP contribution in [0.2, 0.25) is 0 Å². The van der Waals surface area contributed by atoms with Gasteiger partial charge in [0.1, 0.15) is 17.1 Å². The third-order valence-electron chi connectivity index (χ3n) is 4.75. The summed E-state index contributed by atoms with van der Waals surface area (Å²) in [7, 11) is 3.28. The van der Waals surface area contributed by atoms with Crippen LogP contribution in [0.3, 0.4) is 0 Å². The highest BCUT2D eigenvalue weighted by Gasteiger charge is 2.19. The minimum Gasteiger partial charge on any atom is -0.497 e. The average Bonchev–Trinajstić information content (AvgIpc) is 3.12. The van der Waals surface area contributed by atoms with Crippen molar-refractivity contribution in [2.24, 2.45) is 0 Å². The second-order valence-corrected chi connectivity index (χ2v) is 6.56. The standard InChI is InChI=1S/C23H25NO4/c1-6-24-21(25)10-14(2)18-12-19-20(16-8-7-9-17(11-16)26-4)13-28-23(19)15(3)22(18)27-5/h7-13H,6H2,1-5H3,(H,24,25)/b14-10+. The van der Waals surface area contributed by atoms with Gasteiger partial charge in [-0.25, -0.2) is 0 Å². The third-order valence-corrected chi connectivity index (χ3v) is 4.75. The highest BCUT2D eigenvalue weighted by molar-refractivity contribution is 6.01. The van der Waals surface area contributed by atoms with Gasteiger partial charge in [0, 0.05) is 34.7 Å². The molecule has 3 rings (SSSR count). The number of allylic oxidation sites excluding steroid dienone is 1. The van der Waals surface area contributed by atoms with E-state index in [-0.39, 0.29) is 5.91 Å². The Morgan fingerprint density at radius 3 is 2.68 bits per heavy atom. The lowest BCUT2D eigenvalue weighted by molar-refractivity contribution is -0.116. The zero-order valence-corrected chi connectivity index (χ0v) is 16.9. The summed E-state index contributed by atoms with van der Waals surface area (Å²) in [5.41, 5.74) is 5.32. The van der Waals surface area contributed by atoms with E-state index in [1.807, 2.05) is 51.1 Å². The molecular formula is C23H25NO4. The first-order valence-electron chi connectivity index (χ1n) is 9.19. The van der Waals surface area contributed by atoms with Crippen molar-refractivity contribution in [3.8, 4) is 22.6 Å². The summed E-state index contributed by atoms with van der Waals surface area (Å²) in [6.07, 6.45) is 3.34. The minimum absolute atomic E-state index is 0.125. The molecule has 0 spiro atoms.